The van der Waals surface area contributed by atoms with Crippen molar-refractivity contribution in [2.24, 2.45) is 0 Å². The first-order chi connectivity index (χ1) is 8.75. The molecule has 0 saturated carbocycles. The monoisotopic (exact) mass is 298 g/mol. The summed E-state index contributed by atoms with van der Waals surface area (Å²) in [5.41, 5.74) is 0.962. The highest BCUT2D eigenvalue weighted by Gasteiger charge is 1.98. The molecule has 5 heteroatoms. The molecule has 0 saturated heterocycles. The van der Waals surface area contributed by atoms with Gasteiger partial charge in [-0.3, -0.25) is 0 Å². The van der Waals surface area contributed by atoms with Gasteiger partial charge in [0.25, 0.3) is 0 Å². The van der Waals surface area contributed by atoms with Crippen LogP contribution in [0, 0.1) is 0 Å². The predicted octanol–water partition coefficient (Wildman–Crippen LogP) is 4.59. The van der Waals surface area contributed by atoms with Crippen molar-refractivity contribution in [2.75, 3.05) is 17.6 Å². The number of rotatable bonds is 5. The van der Waals surface area contributed by atoms with Crippen LogP contribution in [-0.2, 0) is 0 Å². The van der Waals surface area contributed by atoms with Crippen LogP contribution in [-0.4, -0.2) is 17.3 Å². The lowest BCUT2D eigenvalue weighted by molar-refractivity contribution is 1.12. The fraction of sp³-hybridized carbons (Fsp3) is 0.154. The Hall–Kier alpha value is -0.900. The van der Waals surface area contributed by atoms with Crippen molar-refractivity contribution in [1.82, 2.24) is 4.98 Å². The van der Waals surface area contributed by atoms with Crippen LogP contribution in [0.5, 0.6) is 0 Å². The molecule has 0 bridgehead atoms. The van der Waals surface area contributed by atoms with E-state index in [1.54, 1.807) is 18.0 Å². The molecule has 0 aliphatic heterocycles. The molecule has 0 fully saturated rings. The van der Waals surface area contributed by atoms with Crippen molar-refractivity contribution in [3.05, 3.63) is 52.6 Å². The van der Waals surface area contributed by atoms with Gasteiger partial charge in [0.05, 0.1) is 20.8 Å². The molecule has 1 N–H and O–H groups in total. The van der Waals surface area contributed by atoms with Crippen LogP contribution in [0.2, 0.25) is 10.0 Å². The molecule has 2 rings (SSSR count). The summed E-state index contributed by atoms with van der Waals surface area (Å²) >= 11 is 13.5. The van der Waals surface area contributed by atoms with E-state index in [4.69, 9.17) is 23.2 Å². The molecular formula is C13H12Cl2N2S. The summed E-state index contributed by atoms with van der Waals surface area (Å²) in [5, 5.41) is 5.66. The summed E-state index contributed by atoms with van der Waals surface area (Å²) in [6.45, 7) is 0.832. The lowest BCUT2D eigenvalue weighted by Crippen LogP contribution is -2.04. The number of nitrogens with zero attached hydrogens (tertiary/aromatic N) is 1. The molecule has 1 aromatic heterocycles. The Kier molecular flexibility index (Phi) is 5.17. The van der Waals surface area contributed by atoms with E-state index in [1.807, 2.05) is 36.4 Å². The van der Waals surface area contributed by atoms with Gasteiger partial charge in [0.2, 0.25) is 0 Å². The van der Waals surface area contributed by atoms with E-state index in [0.717, 1.165) is 28.0 Å². The Morgan fingerprint density at radius 1 is 1.11 bits per heavy atom. The van der Waals surface area contributed by atoms with Gasteiger partial charge in [-0.2, -0.15) is 0 Å². The summed E-state index contributed by atoms with van der Waals surface area (Å²) in [4.78, 5) is 4.22. The molecule has 0 atom stereocenters. The summed E-state index contributed by atoms with van der Waals surface area (Å²) in [6, 6.07) is 11.5. The van der Waals surface area contributed by atoms with Gasteiger partial charge < -0.3 is 5.32 Å². The van der Waals surface area contributed by atoms with E-state index in [2.05, 4.69) is 10.3 Å². The van der Waals surface area contributed by atoms with Crippen molar-refractivity contribution in [2.45, 2.75) is 5.03 Å². The second-order valence-corrected chi connectivity index (χ2v) is 5.53. The average molecular weight is 299 g/mol. The molecule has 0 unspecified atom stereocenters. The maximum absolute atomic E-state index is 6.04. The minimum absolute atomic E-state index is 0.661. The Labute approximate surface area is 121 Å². The van der Waals surface area contributed by atoms with Crippen LogP contribution in [0.25, 0.3) is 0 Å². The zero-order valence-corrected chi connectivity index (χ0v) is 11.9. The number of nitrogens with one attached hydrogen (secondary N) is 1. The van der Waals surface area contributed by atoms with Gasteiger partial charge in [0.15, 0.2) is 0 Å². The summed E-state index contributed by atoms with van der Waals surface area (Å²) in [6.07, 6.45) is 1.66. The second kappa shape index (κ2) is 6.88. The van der Waals surface area contributed by atoms with E-state index >= 15 is 0 Å². The lowest BCUT2D eigenvalue weighted by Gasteiger charge is -2.07. The molecule has 1 aromatic carbocycles. The van der Waals surface area contributed by atoms with Gasteiger partial charge >= 0.3 is 0 Å². The van der Waals surface area contributed by atoms with E-state index in [-0.39, 0.29) is 0 Å². The molecule has 2 nitrogen and oxygen atoms in total. The predicted molar refractivity (Wildman–Crippen MR) is 79.9 cm³/mol. The molecule has 94 valence electrons. The first-order valence-corrected chi connectivity index (χ1v) is 7.22. The van der Waals surface area contributed by atoms with Crippen molar-refractivity contribution in [3.8, 4) is 0 Å². The smallest absolute Gasteiger partial charge is 0.0961 e. The Bertz CT molecular complexity index is 503. The molecule has 2 aromatic rings. The molecule has 0 aliphatic rings. The number of hydrogen-bond acceptors (Lipinski definition) is 3. The number of benzene rings is 1. The van der Waals surface area contributed by atoms with E-state index < -0.39 is 0 Å². The molecule has 0 spiro atoms. The van der Waals surface area contributed by atoms with Crippen LogP contribution in [0.15, 0.2) is 47.6 Å². The van der Waals surface area contributed by atoms with Crippen molar-refractivity contribution < 1.29 is 0 Å². The van der Waals surface area contributed by atoms with Crippen LogP contribution in [0.1, 0.15) is 0 Å². The quantitative estimate of drug-likeness (QED) is 0.645. The van der Waals surface area contributed by atoms with E-state index in [9.17, 15) is 0 Å². The highest BCUT2D eigenvalue weighted by atomic mass is 35.5. The summed E-state index contributed by atoms with van der Waals surface area (Å²) in [5.74, 6) is 0.917. The summed E-state index contributed by atoms with van der Waals surface area (Å²) < 4.78 is 0. The number of aromatic nitrogens is 1. The number of anilines is 1. The second-order valence-electron chi connectivity index (χ2n) is 3.57. The average Bonchev–Trinajstić information content (AvgIpc) is 2.39. The van der Waals surface area contributed by atoms with Crippen molar-refractivity contribution >= 4 is 40.7 Å². The van der Waals surface area contributed by atoms with Gasteiger partial charge in [-0.05, 0) is 24.3 Å². The highest BCUT2D eigenvalue weighted by Crippen LogP contribution is 2.21. The van der Waals surface area contributed by atoms with Gasteiger partial charge in [-0.25, -0.2) is 4.98 Å². The van der Waals surface area contributed by atoms with E-state index in [1.165, 1.54) is 0 Å². The minimum atomic E-state index is 0.661. The maximum Gasteiger partial charge on any atom is 0.0961 e. The first kappa shape index (κ1) is 13.5. The summed E-state index contributed by atoms with van der Waals surface area (Å²) in [7, 11) is 0. The molecule has 0 radical (unpaired) electrons. The Morgan fingerprint density at radius 3 is 2.67 bits per heavy atom. The number of pyridine rings is 1. The molecule has 0 amide bonds. The zero-order valence-electron chi connectivity index (χ0n) is 9.57. The third-order valence-corrected chi connectivity index (χ3v) is 3.74. The topological polar surface area (TPSA) is 24.9 Å². The molecule has 18 heavy (non-hydrogen) atoms. The zero-order chi connectivity index (χ0) is 12.8. The third kappa shape index (κ3) is 4.09. The molecular weight excluding hydrogens is 287 g/mol. The van der Waals surface area contributed by atoms with Gasteiger partial charge in [0.1, 0.15) is 0 Å². The minimum Gasteiger partial charge on any atom is -0.383 e. The van der Waals surface area contributed by atoms with E-state index in [0.29, 0.717) is 5.02 Å². The van der Waals surface area contributed by atoms with Crippen LogP contribution in [0.4, 0.5) is 5.69 Å². The standard InChI is InChI=1S/C13H12Cl2N2S/c14-10-5-6-13(17-9-10)18-8-7-16-12-4-2-1-3-11(12)15/h1-6,9,16H,7-8H2. The molecule has 0 aliphatic carbocycles. The van der Waals surface area contributed by atoms with Gasteiger partial charge in [-0.1, -0.05) is 35.3 Å². The van der Waals surface area contributed by atoms with Crippen molar-refractivity contribution in [1.29, 1.82) is 0 Å². The van der Waals surface area contributed by atoms with Crippen LogP contribution >= 0.6 is 35.0 Å². The van der Waals surface area contributed by atoms with Crippen LogP contribution in [0.3, 0.4) is 0 Å². The van der Waals surface area contributed by atoms with Crippen molar-refractivity contribution in [3.63, 3.8) is 0 Å². The third-order valence-electron chi connectivity index (χ3n) is 2.24. The maximum atomic E-state index is 6.04. The van der Waals surface area contributed by atoms with Gasteiger partial charge in [0, 0.05) is 18.5 Å². The Balaban J connectivity index is 1.76. The number of thioether (sulfide) groups is 1. The number of para-hydroxylation sites is 1. The normalized spacial score (nSPS) is 10.3. The fourth-order valence-electron chi connectivity index (χ4n) is 1.39. The molecule has 1 heterocycles. The largest absolute Gasteiger partial charge is 0.383 e. The lowest BCUT2D eigenvalue weighted by atomic mass is 10.3. The number of hydrogen-bond donors (Lipinski definition) is 1. The number of halogens is 2. The SMILES string of the molecule is Clc1ccc(SCCNc2ccccc2Cl)nc1. The van der Waals surface area contributed by atoms with Gasteiger partial charge in [-0.15, -0.1) is 11.8 Å². The fourth-order valence-corrected chi connectivity index (χ4v) is 2.41. The van der Waals surface area contributed by atoms with Crippen LogP contribution < -0.4 is 5.32 Å². The first-order valence-electron chi connectivity index (χ1n) is 5.48. The highest BCUT2D eigenvalue weighted by molar-refractivity contribution is 7.99. The Morgan fingerprint density at radius 2 is 1.94 bits per heavy atom.